The first-order chi connectivity index (χ1) is 15.8. The highest BCUT2D eigenvalue weighted by Gasteiger charge is 2.30. The summed E-state index contributed by atoms with van der Waals surface area (Å²) in [7, 11) is 3.40. The standard InChI is InChI=1S/C29H20OS2/c30-27(23-17-9-3-10-18-23)25(21-13-5-1-6-14-21)29-26(22-15-7-2-8-16-22)28(31-32-29)24-19-11-4-12-20-24/h1-20H/b29-25+. The normalized spacial score (nSPS) is 15.0. The molecule has 0 bridgehead atoms. The van der Waals surface area contributed by atoms with Gasteiger partial charge in [0.2, 0.25) is 0 Å². The van der Waals surface area contributed by atoms with Gasteiger partial charge < -0.3 is 0 Å². The zero-order valence-electron chi connectivity index (χ0n) is 17.3. The molecule has 1 aliphatic heterocycles. The fraction of sp³-hybridized carbons (Fsp3) is 0. The first-order valence-corrected chi connectivity index (χ1v) is 12.6. The Hall–Kier alpha value is -3.27. The van der Waals surface area contributed by atoms with Gasteiger partial charge in [-0.1, -0.05) is 143 Å². The summed E-state index contributed by atoms with van der Waals surface area (Å²) in [6, 6.07) is 40.4. The summed E-state index contributed by atoms with van der Waals surface area (Å²) in [4.78, 5) is 16.0. The molecule has 0 amide bonds. The Bertz CT molecular complexity index is 1290. The molecule has 4 aromatic rings. The van der Waals surface area contributed by atoms with Gasteiger partial charge in [0.15, 0.2) is 5.78 Å². The van der Waals surface area contributed by atoms with Gasteiger partial charge in [0.05, 0.1) is 0 Å². The number of benzene rings is 4. The number of carbonyl (C=O) groups excluding carboxylic acids is 1. The van der Waals surface area contributed by atoms with Gasteiger partial charge in [-0.25, -0.2) is 0 Å². The van der Waals surface area contributed by atoms with Crippen LogP contribution in [0.2, 0.25) is 0 Å². The van der Waals surface area contributed by atoms with Crippen molar-refractivity contribution in [3.63, 3.8) is 0 Å². The van der Waals surface area contributed by atoms with Crippen molar-refractivity contribution in [1.82, 2.24) is 0 Å². The van der Waals surface area contributed by atoms with E-state index in [-0.39, 0.29) is 5.78 Å². The summed E-state index contributed by atoms with van der Waals surface area (Å²) >= 11 is 0. The molecule has 0 spiro atoms. The van der Waals surface area contributed by atoms with Crippen LogP contribution in [-0.4, -0.2) is 5.78 Å². The number of rotatable bonds is 5. The molecule has 154 valence electrons. The average Bonchev–Trinajstić information content (AvgIpc) is 3.31. The van der Waals surface area contributed by atoms with Crippen LogP contribution in [0.4, 0.5) is 0 Å². The minimum absolute atomic E-state index is 0.0441. The highest BCUT2D eigenvalue weighted by Crippen LogP contribution is 2.59. The molecule has 0 aromatic heterocycles. The number of carbonyl (C=O) groups is 1. The first kappa shape index (κ1) is 20.6. The third-order valence-corrected chi connectivity index (χ3v) is 7.83. The Labute approximate surface area is 196 Å². The second-order valence-electron chi connectivity index (χ2n) is 7.37. The van der Waals surface area contributed by atoms with Gasteiger partial charge in [-0.2, -0.15) is 0 Å². The van der Waals surface area contributed by atoms with E-state index < -0.39 is 0 Å². The van der Waals surface area contributed by atoms with E-state index in [0.29, 0.717) is 5.56 Å². The molecule has 0 saturated heterocycles. The summed E-state index contributed by atoms with van der Waals surface area (Å²) < 4.78 is 0. The van der Waals surface area contributed by atoms with E-state index in [9.17, 15) is 4.79 Å². The molecule has 3 heteroatoms. The lowest BCUT2D eigenvalue weighted by Gasteiger charge is -2.14. The first-order valence-electron chi connectivity index (χ1n) is 10.4. The molecule has 5 rings (SSSR count). The molecule has 1 aliphatic rings. The van der Waals surface area contributed by atoms with Gasteiger partial charge in [0.25, 0.3) is 0 Å². The minimum Gasteiger partial charge on any atom is -0.289 e. The second kappa shape index (κ2) is 9.47. The third kappa shape index (κ3) is 4.10. The predicted molar refractivity (Wildman–Crippen MR) is 139 cm³/mol. The van der Waals surface area contributed by atoms with E-state index in [2.05, 4.69) is 48.5 Å². The van der Waals surface area contributed by atoms with Gasteiger partial charge in [-0.05, 0) is 16.7 Å². The number of hydrogen-bond donors (Lipinski definition) is 0. The lowest BCUT2D eigenvalue weighted by Crippen LogP contribution is -2.05. The molecule has 1 nitrogen and oxygen atoms in total. The van der Waals surface area contributed by atoms with E-state index in [4.69, 9.17) is 0 Å². The van der Waals surface area contributed by atoms with Crippen molar-refractivity contribution in [2.75, 3.05) is 0 Å². The Balaban J connectivity index is 1.80. The van der Waals surface area contributed by atoms with Crippen LogP contribution in [0.1, 0.15) is 27.0 Å². The number of Topliss-reactive ketones (excluding diaryl/α,β-unsaturated/α-hetero) is 1. The Morgan fingerprint density at radius 3 is 1.53 bits per heavy atom. The van der Waals surface area contributed by atoms with Gasteiger partial charge in [0, 0.05) is 26.5 Å². The maximum Gasteiger partial charge on any atom is 0.194 e. The largest absolute Gasteiger partial charge is 0.289 e. The Morgan fingerprint density at radius 2 is 0.969 bits per heavy atom. The topological polar surface area (TPSA) is 17.1 Å². The molecule has 0 atom stereocenters. The Morgan fingerprint density at radius 1 is 0.500 bits per heavy atom. The fourth-order valence-electron chi connectivity index (χ4n) is 3.79. The lowest BCUT2D eigenvalue weighted by atomic mass is 9.91. The van der Waals surface area contributed by atoms with E-state index in [1.807, 2.05) is 72.8 Å². The molecule has 4 aromatic carbocycles. The van der Waals surface area contributed by atoms with Crippen LogP contribution in [0, 0.1) is 0 Å². The maximum absolute atomic E-state index is 13.8. The number of hydrogen-bond acceptors (Lipinski definition) is 3. The summed E-state index contributed by atoms with van der Waals surface area (Å²) in [5, 5.41) is 0. The van der Waals surface area contributed by atoms with E-state index in [0.717, 1.165) is 27.2 Å². The van der Waals surface area contributed by atoms with Gasteiger partial charge >= 0.3 is 0 Å². The van der Waals surface area contributed by atoms with Crippen molar-refractivity contribution < 1.29 is 4.79 Å². The van der Waals surface area contributed by atoms with E-state index in [1.165, 1.54) is 10.5 Å². The number of allylic oxidation sites excluding steroid dienone is 2. The highest BCUT2D eigenvalue weighted by molar-refractivity contribution is 8.82. The molecule has 0 fully saturated rings. The molecular formula is C29H20OS2. The van der Waals surface area contributed by atoms with E-state index in [1.54, 1.807) is 21.6 Å². The fourth-order valence-corrected chi connectivity index (χ4v) is 6.69. The molecule has 0 radical (unpaired) electrons. The van der Waals surface area contributed by atoms with Crippen LogP contribution in [0.5, 0.6) is 0 Å². The minimum atomic E-state index is 0.0441. The zero-order chi connectivity index (χ0) is 21.8. The second-order valence-corrected chi connectivity index (χ2v) is 9.52. The van der Waals surface area contributed by atoms with Crippen molar-refractivity contribution >= 4 is 43.4 Å². The molecule has 0 saturated carbocycles. The molecule has 0 aliphatic carbocycles. The smallest absolute Gasteiger partial charge is 0.194 e. The van der Waals surface area contributed by atoms with Gasteiger partial charge in [0.1, 0.15) is 0 Å². The van der Waals surface area contributed by atoms with E-state index >= 15 is 0 Å². The average molecular weight is 449 g/mol. The molecule has 32 heavy (non-hydrogen) atoms. The molecular weight excluding hydrogens is 428 g/mol. The van der Waals surface area contributed by atoms with Crippen molar-refractivity contribution in [2.45, 2.75) is 0 Å². The van der Waals surface area contributed by atoms with Crippen LogP contribution in [-0.2, 0) is 0 Å². The summed E-state index contributed by atoms with van der Waals surface area (Å²) in [5.41, 5.74) is 5.79. The summed E-state index contributed by atoms with van der Waals surface area (Å²) in [5.74, 6) is 0.0441. The number of ketones is 1. The molecule has 1 heterocycles. The SMILES string of the molecule is O=C(/C(=C1/SSC(c2ccccc2)=C1c1ccccc1)c1ccccc1)c1ccccc1. The summed E-state index contributed by atoms with van der Waals surface area (Å²) in [6.07, 6.45) is 0. The van der Waals surface area contributed by atoms with Gasteiger partial charge in [-0.3, -0.25) is 4.79 Å². The maximum atomic E-state index is 13.8. The quantitative estimate of drug-likeness (QED) is 0.174. The lowest BCUT2D eigenvalue weighted by molar-refractivity contribution is 0.105. The monoisotopic (exact) mass is 448 g/mol. The van der Waals surface area contributed by atoms with Crippen LogP contribution < -0.4 is 0 Å². The van der Waals surface area contributed by atoms with Crippen LogP contribution in [0.25, 0.3) is 16.1 Å². The van der Waals surface area contributed by atoms with Crippen LogP contribution >= 0.6 is 21.6 Å². The van der Waals surface area contributed by atoms with Crippen LogP contribution in [0.15, 0.2) is 126 Å². The van der Waals surface area contributed by atoms with Crippen molar-refractivity contribution in [1.29, 1.82) is 0 Å². The predicted octanol–water partition coefficient (Wildman–Crippen LogP) is 8.24. The van der Waals surface area contributed by atoms with Crippen molar-refractivity contribution in [2.24, 2.45) is 0 Å². The Kier molecular flexibility index (Phi) is 6.11. The molecule has 0 N–H and O–H groups in total. The van der Waals surface area contributed by atoms with Gasteiger partial charge in [-0.15, -0.1) is 0 Å². The van der Waals surface area contributed by atoms with Crippen LogP contribution in [0.3, 0.4) is 0 Å². The molecule has 0 unspecified atom stereocenters. The van der Waals surface area contributed by atoms with Crippen molar-refractivity contribution in [3.05, 3.63) is 148 Å². The zero-order valence-corrected chi connectivity index (χ0v) is 18.9. The van der Waals surface area contributed by atoms with Crippen molar-refractivity contribution in [3.8, 4) is 0 Å². The summed E-state index contributed by atoms with van der Waals surface area (Å²) in [6.45, 7) is 0. The highest BCUT2D eigenvalue weighted by atomic mass is 33.1. The third-order valence-electron chi connectivity index (χ3n) is 5.31.